The molecule has 1 heterocycles. The highest BCUT2D eigenvalue weighted by atomic mass is 19.4. The highest BCUT2D eigenvalue weighted by Gasteiger charge is 2.32. The highest BCUT2D eigenvalue weighted by molar-refractivity contribution is 5.76. The van der Waals surface area contributed by atoms with E-state index in [-0.39, 0.29) is 18.8 Å². The minimum atomic E-state index is -4.30. The molecule has 0 spiro atoms. The molecule has 0 aromatic heterocycles. The summed E-state index contributed by atoms with van der Waals surface area (Å²) in [7, 11) is 0. The van der Waals surface area contributed by atoms with Gasteiger partial charge in [0.2, 0.25) is 5.91 Å². The van der Waals surface area contributed by atoms with Gasteiger partial charge in [0.15, 0.2) is 0 Å². The SMILES string of the molecule is CCO[C@H]1COC[C@@H]1NC(=O)CCC(F)(F)F. The Labute approximate surface area is 97.5 Å². The Balaban J connectivity index is 2.30. The smallest absolute Gasteiger partial charge is 0.376 e. The zero-order chi connectivity index (χ0) is 12.9. The molecule has 0 aliphatic carbocycles. The second kappa shape index (κ2) is 6.20. The summed E-state index contributed by atoms with van der Waals surface area (Å²) in [6.45, 7) is 2.92. The zero-order valence-electron chi connectivity index (χ0n) is 9.55. The van der Waals surface area contributed by atoms with Gasteiger partial charge in [-0.3, -0.25) is 4.79 Å². The van der Waals surface area contributed by atoms with E-state index in [2.05, 4.69) is 5.32 Å². The molecule has 0 aromatic rings. The number of hydrogen-bond donors (Lipinski definition) is 1. The van der Waals surface area contributed by atoms with Crippen molar-refractivity contribution in [1.82, 2.24) is 5.32 Å². The number of carbonyl (C=O) groups is 1. The van der Waals surface area contributed by atoms with Crippen molar-refractivity contribution in [3.8, 4) is 0 Å². The van der Waals surface area contributed by atoms with E-state index in [1.807, 2.05) is 0 Å². The topological polar surface area (TPSA) is 47.6 Å². The minimum Gasteiger partial charge on any atom is -0.376 e. The van der Waals surface area contributed by atoms with Crippen LogP contribution in [0.3, 0.4) is 0 Å². The molecule has 17 heavy (non-hydrogen) atoms. The van der Waals surface area contributed by atoms with E-state index in [4.69, 9.17) is 9.47 Å². The van der Waals surface area contributed by atoms with Crippen LogP contribution in [0, 0.1) is 0 Å². The summed E-state index contributed by atoms with van der Waals surface area (Å²) in [5, 5.41) is 2.50. The lowest BCUT2D eigenvalue weighted by molar-refractivity contribution is -0.144. The summed E-state index contributed by atoms with van der Waals surface area (Å²) in [5.41, 5.74) is 0. The van der Waals surface area contributed by atoms with Gasteiger partial charge in [-0.1, -0.05) is 0 Å². The van der Waals surface area contributed by atoms with Crippen LogP contribution in [0.5, 0.6) is 0 Å². The summed E-state index contributed by atoms with van der Waals surface area (Å²) in [5.74, 6) is -0.623. The Kier molecular flexibility index (Phi) is 5.20. The average Bonchev–Trinajstić information content (AvgIpc) is 2.63. The normalized spacial score (nSPS) is 24.9. The predicted octanol–water partition coefficient (Wildman–Crippen LogP) is 1.25. The van der Waals surface area contributed by atoms with E-state index >= 15 is 0 Å². The molecule has 1 saturated heterocycles. The Morgan fingerprint density at radius 2 is 2.18 bits per heavy atom. The first-order chi connectivity index (χ1) is 7.92. The lowest BCUT2D eigenvalue weighted by Crippen LogP contribution is -2.44. The molecule has 0 radical (unpaired) electrons. The van der Waals surface area contributed by atoms with Crippen LogP contribution in [0.15, 0.2) is 0 Å². The molecular formula is C10H16F3NO3. The van der Waals surface area contributed by atoms with Gasteiger partial charge in [-0.2, -0.15) is 13.2 Å². The van der Waals surface area contributed by atoms with Crippen LogP contribution in [-0.4, -0.2) is 44.0 Å². The van der Waals surface area contributed by atoms with Crippen LogP contribution in [0.4, 0.5) is 13.2 Å². The number of halogens is 3. The lowest BCUT2D eigenvalue weighted by Gasteiger charge is -2.19. The van der Waals surface area contributed by atoms with Gasteiger partial charge in [0.25, 0.3) is 0 Å². The van der Waals surface area contributed by atoms with E-state index in [1.54, 1.807) is 6.92 Å². The van der Waals surface area contributed by atoms with Crippen molar-refractivity contribution in [3.05, 3.63) is 0 Å². The quantitative estimate of drug-likeness (QED) is 0.804. The zero-order valence-corrected chi connectivity index (χ0v) is 9.55. The molecule has 1 fully saturated rings. The molecule has 1 rings (SSSR count). The van der Waals surface area contributed by atoms with E-state index in [0.717, 1.165) is 0 Å². The van der Waals surface area contributed by atoms with Crippen molar-refractivity contribution in [2.45, 2.75) is 38.1 Å². The Morgan fingerprint density at radius 1 is 1.47 bits per heavy atom. The van der Waals surface area contributed by atoms with Gasteiger partial charge in [-0.15, -0.1) is 0 Å². The molecule has 0 saturated carbocycles. The number of alkyl halides is 3. The number of amides is 1. The molecule has 1 aliphatic rings. The second-order valence-electron chi connectivity index (χ2n) is 3.82. The largest absolute Gasteiger partial charge is 0.389 e. The predicted molar refractivity (Wildman–Crippen MR) is 53.5 cm³/mol. The number of rotatable bonds is 5. The third-order valence-corrected chi connectivity index (χ3v) is 2.39. The maximum Gasteiger partial charge on any atom is 0.389 e. The molecule has 2 atom stereocenters. The summed E-state index contributed by atoms with van der Waals surface area (Å²) in [4.78, 5) is 11.3. The van der Waals surface area contributed by atoms with Crippen LogP contribution in [-0.2, 0) is 14.3 Å². The van der Waals surface area contributed by atoms with Gasteiger partial charge >= 0.3 is 6.18 Å². The molecule has 1 aliphatic heterocycles. The van der Waals surface area contributed by atoms with E-state index in [1.165, 1.54) is 0 Å². The fraction of sp³-hybridized carbons (Fsp3) is 0.900. The van der Waals surface area contributed by atoms with Crippen LogP contribution in [0.25, 0.3) is 0 Å². The Morgan fingerprint density at radius 3 is 2.76 bits per heavy atom. The van der Waals surface area contributed by atoms with E-state index in [9.17, 15) is 18.0 Å². The molecule has 100 valence electrons. The van der Waals surface area contributed by atoms with Gasteiger partial charge in [0.05, 0.1) is 25.7 Å². The van der Waals surface area contributed by atoms with Gasteiger partial charge < -0.3 is 14.8 Å². The number of hydrogen-bond acceptors (Lipinski definition) is 3. The van der Waals surface area contributed by atoms with Crippen molar-refractivity contribution in [1.29, 1.82) is 0 Å². The Bertz CT molecular complexity index is 258. The van der Waals surface area contributed by atoms with Gasteiger partial charge in [0.1, 0.15) is 6.10 Å². The Hall–Kier alpha value is -0.820. The van der Waals surface area contributed by atoms with Crippen LogP contribution < -0.4 is 5.32 Å². The van der Waals surface area contributed by atoms with Crippen molar-refractivity contribution < 1.29 is 27.4 Å². The van der Waals surface area contributed by atoms with Crippen molar-refractivity contribution in [2.75, 3.05) is 19.8 Å². The first-order valence-electron chi connectivity index (χ1n) is 5.48. The molecule has 0 aromatic carbocycles. The third-order valence-electron chi connectivity index (χ3n) is 2.39. The van der Waals surface area contributed by atoms with Crippen molar-refractivity contribution in [3.63, 3.8) is 0 Å². The maximum absolute atomic E-state index is 11.9. The molecule has 4 nitrogen and oxygen atoms in total. The lowest BCUT2D eigenvalue weighted by atomic mass is 10.2. The molecule has 1 amide bonds. The standard InChI is InChI=1S/C10H16F3NO3/c1-2-17-8-6-16-5-7(8)14-9(15)3-4-10(11,12)13/h7-8H,2-6H2,1H3,(H,14,15)/t7-,8-/m0/s1. The number of carbonyl (C=O) groups excluding carboxylic acids is 1. The third kappa shape index (κ3) is 5.36. The first kappa shape index (κ1) is 14.2. The van der Waals surface area contributed by atoms with Crippen molar-refractivity contribution in [2.24, 2.45) is 0 Å². The maximum atomic E-state index is 11.9. The summed E-state index contributed by atoms with van der Waals surface area (Å²) < 4.78 is 46.1. The fourth-order valence-electron chi connectivity index (χ4n) is 1.58. The van der Waals surface area contributed by atoms with Crippen LogP contribution in [0.2, 0.25) is 0 Å². The van der Waals surface area contributed by atoms with E-state index < -0.39 is 24.9 Å². The van der Waals surface area contributed by atoms with Crippen molar-refractivity contribution >= 4 is 5.91 Å². The van der Waals surface area contributed by atoms with Gasteiger partial charge in [-0.05, 0) is 6.92 Å². The van der Waals surface area contributed by atoms with Gasteiger partial charge in [0, 0.05) is 13.0 Å². The first-order valence-corrected chi connectivity index (χ1v) is 5.48. The molecule has 0 bridgehead atoms. The number of nitrogens with one attached hydrogen (secondary N) is 1. The minimum absolute atomic E-state index is 0.269. The highest BCUT2D eigenvalue weighted by Crippen LogP contribution is 2.21. The second-order valence-corrected chi connectivity index (χ2v) is 3.82. The van der Waals surface area contributed by atoms with Crippen LogP contribution >= 0.6 is 0 Å². The monoisotopic (exact) mass is 255 g/mol. The average molecular weight is 255 g/mol. The summed E-state index contributed by atoms with van der Waals surface area (Å²) in [6, 6.07) is -0.351. The summed E-state index contributed by atoms with van der Waals surface area (Å²) in [6.07, 6.45) is -6.23. The molecule has 7 heteroatoms. The summed E-state index contributed by atoms with van der Waals surface area (Å²) >= 11 is 0. The van der Waals surface area contributed by atoms with Gasteiger partial charge in [-0.25, -0.2) is 0 Å². The molecule has 0 unspecified atom stereocenters. The molecular weight excluding hydrogens is 239 g/mol. The van der Waals surface area contributed by atoms with E-state index in [0.29, 0.717) is 13.2 Å². The fourth-order valence-corrected chi connectivity index (χ4v) is 1.58. The molecule has 1 N–H and O–H groups in total. The van der Waals surface area contributed by atoms with Crippen LogP contribution in [0.1, 0.15) is 19.8 Å². The number of ether oxygens (including phenoxy) is 2.